The number of carbonyl (C=O) groups excluding carboxylic acids is 1. The first-order valence-corrected chi connectivity index (χ1v) is 6.63. The molecule has 0 aromatic carbocycles. The van der Waals surface area contributed by atoms with E-state index >= 15 is 0 Å². The fraction of sp³-hybridized carbons (Fsp3) is 0.667. The number of rotatable bonds is 4. The van der Waals surface area contributed by atoms with Crippen molar-refractivity contribution in [1.82, 2.24) is 9.62 Å². The van der Waals surface area contributed by atoms with E-state index in [1.165, 1.54) is 16.6 Å². The van der Waals surface area contributed by atoms with Crippen molar-refractivity contribution >= 4 is 15.9 Å². The van der Waals surface area contributed by atoms with E-state index < -0.39 is 10.0 Å². The number of carbonyl (C=O) groups is 1. The number of hydrogen-bond donors (Lipinski definition) is 1. The Labute approximate surface area is 90.2 Å². The average molecular weight is 232 g/mol. The summed E-state index contributed by atoms with van der Waals surface area (Å²) in [6.45, 7) is 4.90. The van der Waals surface area contributed by atoms with Crippen molar-refractivity contribution in [1.29, 1.82) is 0 Å². The highest BCUT2D eigenvalue weighted by Gasteiger charge is 2.28. The molecule has 1 fully saturated rings. The van der Waals surface area contributed by atoms with Gasteiger partial charge in [0.05, 0.1) is 6.26 Å². The minimum Gasteiger partial charge on any atom is -0.352 e. The second-order valence-electron chi connectivity index (χ2n) is 3.72. The fourth-order valence-electron chi connectivity index (χ4n) is 1.58. The van der Waals surface area contributed by atoms with E-state index in [1.54, 1.807) is 0 Å². The molecule has 1 rings (SSSR count). The first-order valence-electron chi connectivity index (χ1n) is 4.79. The van der Waals surface area contributed by atoms with Crippen molar-refractivity contribution in [3.05, 3.63) is 12.7 Å². The Bertz CT molecular complexity index is 350. The highest BCUT2D eigenvalue weighted by atomic mass is 32.2. The lowest BCUT2D eigenvalue weighted by Gasteiger charge is -2.13. The zero-order chi connectivity index (χ0) is 11.5. The Kier molecular flexibility index (Phi) is 3.87. The Morgan fingerprint density at radius 3 is 2.80 bits per heavy atom. The Morgan fingerprint density at radius 2 is 2.33 bits per heavy atom. The second-order valence-corrected chi connectivity index (χ2v) is 5.71. The average Bonchev–Trinajstić information content (AvgIpc) is 2.61. The smallest absolute Gasteiger partial charge is 0.243 e. The quantitative estimate of drug-likeness (QED) is 0.669. The van der Waals surface area contributed by atoms with E-state index in [0.717, 1.165) is 6.42 Å². The third-order valence-electron chi connectivity index (χ3n) is 2.47. The van der Waals surface area contributed by atoms with E-state index in [4.69, 9.17) is 0 Å². The lowest BCUT2D eigenvalue weighted by molar-refractivity contribution is -0.116. The molecule has 0 spiro atoms. The molecule has 1 atom stereocenters. The summed E-state index contributed by atoms with van der Waals surface area (Å²) in [7, 11) is -3.08. The van der Waals surface area contributed by atoms with Gasteiger partial charge in [-0.2, -0.15) is 0 Å². The van der Waals surface area contributed by atoms with Gasteiger partial charge in [0, 0.05) is 19.6 Å². The van der Waals surface area contributed by atoms with Gasteiger partial charge in [-0.15, -0.1) is 0 Å². The Morgan fingerprint density at radius 1 is 1.67 bits per heavy atom. The molecular weight excluding hydrogens is 216 g/mol. The van der Waals surface area contributed by atoms with Crippen LogP contribution in [0.4, 0.5) is 0 Å². The van der Waals surface area contributed by atoms with E-state index in [0.29, 0.717) is 19.6 Å². The maximum atomic E-state index is 11.2. The van der Waals surface area contributed by atoms with Crippen molar-refractivity contribution in [3.8, 4) is 0 Å². The van der Waals surface area contributed by atoms with Crippen LogP contribution in [0.5, 0.6) is 0 Å². The number of nitrogens with one attached hydrogen (secondary N) is 1. The number of hydrogen-bond acceptors (Lipinski definition) is 3. The molecule has 0 unspecified atom stereocenters. The van der Waals surface area contributed by atoms with Crippen molar-refractivity contribution in [2.75, 3.05) is 25.9 Å². The molecule has 6 heteroatoms. The van der Waals surface area contributed by atoms with Crippen molar-refractivity contribution in [2.45, 2.75) is 6.42 Å². The van der Waals surface area contributed by atoms with Crippen LogP contribution in [-0.2, 0) is 14.8 Å². The van der Waals surface area contributed by atoms with Crippen LogP contribution in [0.15, 0.2) is 12.7 Å². The van der Waals surface area contributed by atoms with E-state index in [1.807, 2.05) is 0 Å². The highest BCUT2D eigenvalue weighted by Crippen LogP contribution is 2.17. The van der Waals surface area contributed by atoms with E-state index in [2.05, 4.69) is 11.9 Å². The monoisotopic (exact) mass is 232 g/mol. The van der Waals surface area contributed by atoms with Crippen LogP contribution in [0.1, 0.15) is 6.42 Å². The summed E-state index contributed by atoms with van der Waals surface area (Å²) in [5.41, 5.74) is 0. The topological polar surface area (TPSA) is 66.5 Å². The minimum atomic E-state index is -3.08. The number of amides is 1. The van der Waals surface area contributed by atoms with Crippen LogP contribution in [0.2, 0.25) is 0 Å². The predicted octanol–water partition coefficient (Wildman–Crippen LogP) is -0.430. The molecule has 1 N–H and O–H groups in total. The fourth-order valence-corrected chi connectivity index (χ4v) is 2.50. The van der Waals surface area contributed by atoms with Crippen molar-refractivity contribution in [2.24, 2.45) is 5.92 Å². The minimum absolute atomic E-state index is 0.212. The van der Waals surface area contributed by atoms with Crippen LogP contribution >= 0.6 is 0 Å². The third-order valence-corrected chi connectivity index (χ3v) is 3.74. The molecule has 0 aromatic heterocycles. The van der Waals surface area contributed by atoms with Gasteiger partial charge >= 0.3 is 0 Å². The first-order chi connectivity index (χ1) is 6.93. The third kappa shape index (κ3) is 3.64. The summed E-state index contributed by atoms with van der Waals surface area (Å²) in [6.07, 6.45) is 3.21. The van der Waals surface area contributed by atoms with Gasteiger partial charge in [-0.25, -0.2) is 12.7 Å². The maximum absolute atomic E-state index is 11.2. The van der Waals surface area contributed by atoms with Crippen LogP contribution in [0.25, 0.3) is 0 Å². The summed E-state index contributed by atoms with van der Waals surface area (Å²) in [5.74, 6) is -0.00330. The molecule has 0 radical (unpaired) electrons. The molecule has 1 aliphatic rings. The lowest BCUT2D eigenvalue weighted by atomic mass is 10.1. The summed E-state index contributed by atoms with van der Waals surface area (Å²) in [4.78, 5) is 10.9. The van der Waals surface area contributed by atoms with Gasteiger partial charge in [-0.05, 0) is 18.4 Å². The molecule has 86 valence electrons. The predicted molar refractivity (Wildman–Crippen MR) is 57.7 cm³/mol. The van der Waals surface area contributed by atoms with Gasteiger partial charge in [0.1, 0.15) is 0 Å². The largest absolute Gasteiger partial charge is 0.352 e. The molecule has 0 aromatic rings. The zero-order valence-electron chi connectivity index (χ0n) is 8.77. The van der Waals surface area contributed by atoms with Gasteiger partial charge in [-0.1, -0.05) is 6.58 Å². The Hall–Kier alpha value is -0.880. The molecule has 0 aliphatic carbocycles. The molecule has 1 saturated heterocycles. The SMILES string of the molecule is C=CC(=O)NC[C@@H]1CCN(S(C)(=O)=O)C1. The number of nitrogens with zero attached hydrogens (tertiary/aromatic N) is 1. The van der Waals surface area contributed by atoms with Gasteiger partial charge in [0.2, 0.25) is 15.9 Å². The van der Waals surface area contributed by atoms with Crippen molar-refractivity contribution in [3.63, 3.8) is 0 Å². The summed E-state index contributed by atoms with van der Waals surface area (Å²) >= 11 is 0. The normalized spacial score (nSPS) is 22.6. The highest BCUT2D eigenvalue weighted by molar-refractivity contribution is 7.88. The molecular formula is C9H16N2O3S. The van der Waals surface area contributed by atoms with Gasteiger partial charge in [0.25, 0.3) is 0 Å². The zero-order valence-corrected chi connectivity index (χ0v) is 9.59. The van der Waals surface area contributed by atoms with Crippen LogP contribution < -0.4 is 5.32 Å². The van der Waals surface area contributed by atoms with Crippen LogP contribution in [0.3, 0.4) is 0 Å². The molecule has 5 nitrogen and oxygen atoms in total. The number of sulfonamides is 1. The van der Waals surface area contributed by atoms with E-state index in [9.17, 15) is 13.2 Å². The summed E-state index contributed by atoms with van der Waals surface area (Å²) < 4.78 is 23.8. The molecule has 15 heavy (non-hydrogen) atoms. The molecule has 1 heterocycles. The molecule has 0 bridgehead atoms. The van der Waals surface area contributed by atoms with Crippen molar-refractivity contribution < 1.29 is 13.2 Å². The first kappa shape index (κ1) is 12.2. The van der Waals surface area contributed by atoms with Gasteiger partial charge in [-0.3, -0.25) is 4.79 Å². The maximum Gasteiger partial charge on any atom is 0.243 e. The van der Waals surface area contributed by atoms with E-state index in [-0.39, 0.29) is 11.8 Å². The summed E-state index contributed by atoms with van der Waals surface area (Å²) in [6, 6.07) is 0. The van der Waals surface area contributed by atoms with Crippen LogP contribution in [0, 0.1) is 5.92 Å². The standard InChI is InChI=1S/C9H16N2O3S/c1-3-9(12)10-6-8-4-5-11(7-8)15(2,13)14/h3,8H,1,4-7H2,2H3,(H,10,12)/t8-/m0/s1. The summed E-state index contributed by atoms with van der Waals surface area (Å²) in [5, 5.41) is 2.67. The van der Waals surface area contributed by atoms with Crippen LogP contribution in [-0.4, -0.2) is 44.5 Å². The molecule has 0 saturated carbocycles. The molecule has 1 aliphatic heterocycles. The lowest BCUT2D eigenvalue weighted by Crippen LogP contribution is -2.31. The Balaban J connectivity index is 2.37. The second kappa shape index (κ2) is 4.76. The van der Waals surface area contributed by atoms with Gasteiger partial charge in [0.15, 0.2) is 0 Å². The van der Waals surface area contributed by atoms with Gasteiger partial charge < -0.3 is 5.32 Å². The molecule has 1 amide bonds.